The minimum Gasteiger partial charge on any atom is -0.462 e. The van der Waals surface area contributed by atoms with E-state index in [1.165, 1.54) is 59.8 Å². The van der Waals surface area contributed by atoms with Gasteiger partial charge in [0.25, 0.3) is 0 Å². The van der Waals surface area contributed by atoms with Crippen molar-refractivity contribution < 1.29 is 19.1 Å². The molecule has 6 heteroatoms. The summed E-state index contributed by atoms with van der Waals surface area (Å²) >= 11 is 0. The SMILES string of the molecule is CCOC(=O)C(=CN1CCn2c3c(c4cc(C5CCCCC5)ccc42)CCCC31)C(=O)OCC. The summed E-state index contributed by atoms with van der Waals surface area (Å²) < 4.78 is 12.8. The van der Waals surface area contributed by atoms with E-state index < -0.39 is 11.9 Å². The molecule has 6 nitrogen and oxygen atoms in total. The standard InChI is InChI=1S/C28H36N2O4/c1-3-33-27(31)23(28(32)34-4-2)18-29-15-16-30-24-14-13-20(19-9-6-5-7-10-19)17-22(24)21-11-8-12-25(29)26(21)30/h13-14,17-19,25H,3-12,15-16H2,1-2H3. The van der Waals surface area contributed by atoms with E-state index >= 15 is 0 Å². The lowest BCUT2D eigenvalue weighted by atomic mass is 9.83. The van der Waals surface area contributed by atoms with Crippen LogP contribution >= 0.6 is 0 Å². The van der Waals surface area contributed by atoms with Gasteiger partial charge in [0.05, 0.1) is 19.3 Å². The van der Waals surface area contributed by atoms with Crippen molar-refractivity contribution in [2.45, 2.75) is 83.7 Å². The molecule has 3 aliphatic rings. The second-order valence-electron chi connectivity index (χ2n) is 9.76. The Hall–Kier alpha value is -2.76. The zero-order chi connectivity index (χ0) is 23.7. The number of esters is 2. The van der Waals surface area contributed by atoms with Gasteiger partial charge in [-0.15, -0.1) is 0 Å². The zero-order valence-electron chi connectivity index (χ0n) is 20.5. The minimum atomic E-state index is -0.611. The van der Waals surface area contributed by atoms with Gasteiger partial charge in [-0.1, -0.05) is 25.3 Å². The van der Waals surface area contributed by atoms with Crippen LogP contribution in [0.4, 0.5) is 0 Å². The highest BCUT2D eigenvalue weighted by molar-refractivity contribution is 6.14. The predicted molar refractivity (Wildman–Crippen MR) is 131 cm³/mol. The predicted octanol–water partition coefficient (Wildman–Crippen LogP) is 5.39. The summed E-state index contributed by atoms with van der Waals surface area (Å²) in [5.74, 6) is -0.529. The quantitative estimate of drug-likeness (QED) is 0.248. The molecule has 1 unspecified atom stereocenters. The number of aryl methyl sites for hydroxylation is 1. The Balaban J connectivity index is 1.52. The van der Waals surface area contributed by atoms with E-state index in [0.717, 1.165) is 32.4 Å². The lowest BCUT2D eigenvalue weighted by molar-refractivity contribution is -0.146. The molecule has 2 aliphatic carbocycles. The van der Waals surface area contributed by atoms with Crippen molar-refractivity contribution in [2.24, 2.45) is 0 Å². The van der Waals surface area contributed by atoms with Crippen molar-refractivity contribution in [3.8, 4) is 0 Å². The van der Waals surface area contributed by atoms with E-state index in [1.54, 1.807) is 20.0 Å². The molecule has 1 aliphatic heterocycles. The second kappa shape index (κ2) is 9.85. The summed E-state index contributed by atoms with van der Waals surface area (Å²) in [6.45, 7) is 5.51. The van der Waals surface area contributed by atoms with Crippen LogP contribution in [0.15, 0.2) is 30.0 Å². The van der Waals surface area contributed by atoms with Crippen LogP contribution in [0.2, 0.25) is 0 Å². The first-order chi connectivity index (χ1) is 16.6. The fourth-order valence-corrected chi connectivity index (χ4v) is 6.27. The number of carbonyl (C=O) groups is 2. The number of fused-ring (bicyclic) bond motifs is 3. The normalized spacial score (nSPS) is 20.1. The molecule has 0 spiro atoms. The largest absolute Gasteiger partial charge is 0.462 e. The van der Waals surface area contributed by atoms with Gasteiger partial charge in [0.2, 0.25) is 0 Å². The third-order valence-electron chi connectivity index (χ3n) is 7.80. The van der Waals surface area contributed by atoms with Crippen LogP contribution in [0.1, 0.15) is 87.6 Å². The summed E-state index contributed by atoms with van der Waals surface area (Å²) in [7, 11) is 0. The molecule has 0 bridgehead atoms. The number of hydrogen-bond donors (Lipinski definition) is 0. The van der Waals surface area contributed by atoms with Crippen LogP contribution in [-0.2, 0) is 32.0 Å². The Morgan fingerprint density at radius 1 is 0.971 bits per heavy atom. The zero-order valence-corrected chi connectivity index (χ0v) is 20.5. The van der Waals surface area contributed by atoms with Crippen molar-refractivity contribution in [1.82, 2.24) is 9.47 Å². The Bertz CT molecular complexity index is 1090. The van der Waals surface area contributed by atoms with Crippen LogP contribution in [0.5, 0.6) is 0 Å². The maximum atomic E-state index is 12.6. The van der Waals surface area contributed by atoms with E-state index in [9.17, 15) is 9.59 Å². The first kappa shape index (κ1) is 23.0. The van der Waals surface area contributed by atoms with Crippen LogP contribution in [-0.4, -0.2) is 41.2 Å². The Morgan fingerprint density at radius 3 is 2.41 bits per heavy atom. The molecule has 5 rings (SSSR count). The lowest BCUT2D eigenvalue weighted by Crippen LogP contribution is -2.37. The molecular formula is C28H36N2O4. The molecular weight excluding hydrogens is 428 g/mol. The topological polar surface area (TPSA) is 60.8 Å². The van der Waals surface area contributed by atoms with Crippen LogP contribution in [0.3, 0.4) is 0 Å². The van der Waals surface area contributed by atoms with E-state index in [4.69, 9.17) is 9.47 Å². The highest BCUT2D eigenvalue weighted by Gasteiger charge is 2.35. The van der Waals surface area contributed by atoms with Gasteiger partial charge in [-0.25, -0.2) is 9.59 Å². The van der Waals surface area contributed by atoms with Crippen molar-refractivity contribution in [2.75, 3.05) is 19.8 Å². The van der Waals surface area contributed by atoms with Gasteiger partial charge in [0.1, 0.15) is 0 Å². The third kappa shape index (κ3) is 4.12. The molecule has 1 aromatic heterocycles. The van der Waals surface area contributed by atoms with Crippen molar-refractivity contribution >= 4 is 22.8 Å². The first-order valence-corrected chi connectivity index (χ1v) is 13.1. The Kier molecular flexibility index (Phi) is 6.66. The summed E-state index contributed by atoms with van der Waals surface area (Å²) in [6, 6.07) is 7.32. The summed E-state index contributed by atoms with van der Waals surface area (Å²) in [6.07, 6.45) is 11.6. The van der Waals surface area contributed by atoms with Gasteiger partial charge in [-0.3, -0.25) is 0 Å². The van der Waals surface area contributed by atoms with Crippen molar-refractivity contribution in [3.05, 3.63) is 46.8 Å². The molecule has 0 N–H and O–H groups in total. The molecule has 1 fully saturated rings. The number of ether oxygens (including phenoxy) is 2. The van der Waals surface area contributed by atoms with Gasteiger partial charge in [-0.2, -0.15) is 0 Å². The van der Waals surface area contributed by atoms with Crippen LogP contribution in [0, 0.1) is 0 Å². The fraction of sp³-hybridized carbons (Fsp3) is 0.571. The molecule has 2 heterocycles. The molecule has 1 atom stereocenters. The van der Waals surface area contributed by atoms with Gasteiger partial charge in [0, 0.05) is 35.9 Å². The smallest absolute Gasteiger partial charge is 0.347 e. The fourth-order valence-electron chi connectivity index (χ4n) is 6.27. The van der Waals surface area contributed by atoms with Gasteiger partial charge < -0.3 is 18.9 Å². The number of carbonyl (C=O) groups excluding carboxylic acids is 2. The average molecular weight is 465 g/mol. The molecule has 0 radical (unpaired) electrons. The van der Waals surface area contributed by atoms with Crippen molar-refractivity contribution in [1.29, 1.82) is 0 Å². The Labute approximate surface area is 201 Å². The number of benzene rings is 1. The van der Waals surface area contributed by atoms with Gasteiger partial charge >= 0.3 is 11.9 Å². The molecule has 182 valence electrons. The highest BCUT2D eigenvalue weighted by Crippen LogP contribution is 2.44. The van der Waals surface area contributed by atoms with Crippen molar-refractivity contribution in [3.63, 3.8) is 0 Å². The van der Waals surface area contributed by atoms with Gasteiger partial charge in [0.15, 0.2) is 5.57 Å². The second-order valence-corrected chi connectivity index (χ2v) is 9.76. The number of rotatable bonds is 6. The van der Waals surface area contributed by atoms with Gasteiger partial charge in [-0.05, 0) is 75.1 Å². The maximum Gasteiger partial charge on any atom is 0.347 e. The Morgan fingerprint density at radius 2 is 1.71 bits per heavy atom. The average Bonchev–Trinajstić information content (AvgIpc) is 3.19. The van der Waals surface area contributed by atoms with E-state index in [2.05, 4.69) is 27.7 Å². The molecule has 1 saturated carbocycles. The molecule has 1 aromatic carbocycles. The molecule has 0 saturated heterocycles. The summed E-state index contributed by atoms with van der Waals surface area (Å²) in [4.78, 5) is 27.3. The number of hydrogen-bond acceptors (Lipinski definition) is 5. The van der Waals surface area contributed by atoms with E-state index in [-0.39, 0.29) is 24.8 Å². The first-order valence-electron chi connectivity index (χ1n) is 13.1. The molecule has 0 amide bonds. The maximum absolute atomic E-state index is 12.6. The number of aromatic nitrogens is 1. The van der Waals surface area contributed by atoms with Crippen LogP contribution in [0.25, 0.3) is 10.9 Å². The lowest BCUT2D eigenvalue weighted by Gasteiger charge is -2.39. The summed E-state index contributed by atoms with van der Waals surface area (Å²) in [5, 5.41) is 1.41. The van der Waals surface area contributed by atoms with E-state index in [0.29, 0.717) is 5.92 Å². The highest BCUT2D eigenvalue weighted by atomic mass is 16.6. The van der Waals surface area contributed by atoms with Crippen LogP contribution < -0.4 is 0 Å². The third-order valence-corrected chi connectivity index (χ3v) is 7.80. The monoisotopic (exact) mass is 464 g/mol. The molecule has 2 aromatic rings. The number of nitrogens with zero attached hydrogens (tertiary/aromatic N) is 2. The van der Waals surface area contributed by atoms with E-state index in [1.807, 2.05) is 0 Å². The minimum absolute atomic E-state index is 0.0139. The molecule has 34 heavy (non-hydrogen) atoms. The summed E-state index contributed by atoms with van der Waals surface area (Å²) in [5.41, 5.74) is 5.63.